The minimum atomic E-state index is -1.04. The number of aromatic nitrogens is 2. The molecule has 0 bridgehead atoms. The van der Waals surface area contributed by atoms with E-state index in [9.17, 15) is 4.79 Å². The molecule has 0 aliphatic heterocycles. The molecule has 94 valence electrons. The highest BCUT2D eigenvalue weighted by Gasteiger charge is 2.10. The fourth-order valence-electron chi connectivity index (χ4n) is 1.48. The lowest BCUT2D eigenvalue weighted by molar-refractivity contribution is 0.0691. The Balaban J connectivity index is 2.08. The highest BCUT2D eigenvalue weighted by Crippen LogP contribution is 2.17. The van der Waals surface area contributed by atoms with Gasteiger partial charge in [0.2, 0.25) is 0 Å². The zero-order valence-corrected chi connectivity index (χ0v) is 10.7. The summed E-state index contributed by atoms with van der Waals surface area (Å²) >= 11 is 1.62. The van der Waals surface area contributed by atoms with Gasteiger partial charge in [0.1, 0.15) is 5.01 Å². The number of nitrogens with zero attached hydrogens (tertiary/aromatic N) is 2. The van der Waals surface area contributed by atoms with Crippen molar-refractivity contribution in [3.63, 3.8) is 0 Å². The summed E-state index contributed by atoms with van der Waals surface area (Å²) in [6.07, 6.45) is 4.28. The molecule has 0 aromatic carbocycles. The van der Waals surface area contributed by atoms with E-state index in [0.717, 1.165) is 11.4 Å². The molecule has 0 aliphatic rings. The molecule has 2 aromatic rings. The molecule has 2 aromatic heterocycles. The minimum absolute atomic E-state index is 0.0322. The number of pyridine rings is 1. The fourth-order valence-corrected chi connectivity index (χ4v) is 2.28. The molecule has 0 amide bonds. The lowest BCUT2D eigenvalue weighted by atomic mass is 10.3. The predicted octanol–water partition coefficient (Wildman–Crippen LogP) is 2.41. The van der Waals surface area contributed by atoms with Crippen molar-refractivity contribution in [1.82, 2.24) is 9.97 Å². The largest absolute Gasteiger partial charge is 0.476 e. The van der Waals surface area contributed by atoms with Gasteiger partial charge in [0.05, 0.1) is 12.2 Å². The number of carbonyl (C=O) groups is 1. The van der Waals surface area contributed by atoms with Crippen molar-refractivity contribution < 1.29 is 9.90 Å². The van der Waals surface area contributed by atoms with Gasteiger partial charge in [-0.25, -0.2) is 14.8 Å². The second-order valence-electron chi connectivity index (χ2n) is 3.63. The van der Waals surface area contributed by atoms with E-state index in [1.54, 1.807) is 23.5 Å². The van der Waals surface area contributed by atoms with Crippen molar-refractivity contribution >= 4 is 23.0 Å². The summed E-state index contributed by atoms with van der Waals surface area (Å²) in [6.45, 7) is 2.59. The van der Waals surface area contributed by atoms with E-state index in [0.29, 0.717) is 12.2 Å². The lowest BCUT2D eigenvalue weighted by Crippen LogP contribution is -2.07. The SMILES string of the molecule is CCc1cnc(CNc2cccnc2C(=O)O)s1. The molecule has 0 radical (unpaired) electrons. The number of nitrogens with one attached hydrogen (secondary N) is 1. The molecule has 0 fully saturated rings. The van der Waals surface area contributed by atoms with Gasteiger partial charge in [-0.05, 0) is 18.6 Å². The summed E-state index contributed by atoms with van der Waals surface area (Å²) in [5.74, 6) is -1.04. The minimum Gasteiger partial charge on any atom is -0.476 e. The number of carboxylic acids is 1. The molecular formula is C12H13N3O2S. The number of carboxylic acid groups (broad SMARTS) is 1. The standard InChI is InChI=1S/C12H13N3O2S/c1-2-8-6-15-10(18-8)7-14-9-4-3-5-13-11(9)12(16)17/h3-6,14H,2,7H2,1H3,(H,16,17). The molecule has 2 N–H and O–H groups in total. The van der Waals surface area contributed by atoms with E-state index in [-0.39, 0.29) is 5.69 Å². The average Bonchev–Trinajstić information content (AvgIpc) is 2.84. The van der Waals surface area contributed by atoms with E-state index < -0.39 is 5.97 Å². The van der Waals surface area contributed by atoms with Crippen LogP contribution in [0.15, 0.2) is 24.5 Å². The van der Waals surface area contributed by atoms with Crippen LogP contribution in [0.3, 0.4) is 0 Å². The molecular weight excluding hydrogens is 250 g/mol. The first-order valence-electron chi connectivity index (χ1n) is 5.56. The summed E-state index contributed by atoms with van der Waals surface area (Å²) in [5, 5.41) is 13.0. The van der Waals surface area contributed by atoms with Crippen molar-refractivity contribution in [3.8, 4) is 0 Å². The Morgan fingerprint density at radius 2 is 2.33 bits per heavy atom. The molecule has 5 nitrogen and oxygen atoms in total. The fraction of sp³-hybridized carbons (Fsp3) is 0.250. The maximum atomic E-state index is 11.0. The van der Waals surface area contributed by atoms with E-state index in [4.69, 9.17) is 5.11 Å². The Morgan fingerprint density at radius 1 is 1.50 bits per heavy atom. The second kappa shape index (κ2) is 5.59. The van der Waals surface area contributed by atoms with Gasteiger partial charge in [-0.2, -0.15) is 0 Å². The highest BCUT2D eigenvalue weighted by molar-refractivity contribution is 7.11. The van der Waals surface area contributed by atoms with Crippen molar-refractivity contribution in [2.24, 2.45) is 0 Å². The molecule has 0 spiro atoms. The zero-order valence-electron chi connectivity index (χ0n) is 9.88. The Hall–Kier alpha value is -1.95. The zero-order chi connectivity index (χ0) is 13.0. The quantitative estimate of drug-likeness (QED) is 0.866. The Labute approximate surface area is 109 Å². The van der Waals surface area contributed by atoms with Gasteiger partial charge in [-0.3, -0.25) is 0 Å². The number of aromatic carboxylic acids is 1. The summed E-state index contributed by atoms with van der Waals surface area (Å²) in [6, 6.07) is 3.40. The summed E-state index contributed by atoms with van der Waals surface area (Å²) in [4.78, 5) is 20.3. The second-order valence-corrected chi connectivity index (χ2v) is 4.83. The molecule has 0 saturated carbocycles. The van der Waals surface area contributed by atoms with Crippen molar-refractivity contribution in [2.45, 2.75) is 19.9 Å². The van der Waals surface area contributed by atoms with E-state index in [1.807, 2.05) is 6.20 Å². The molecule has 18 heavy (non-hydrogen) atoms. The van der Waals surface area contributed by atoms with Gasteiger partial charge in [0.15, 0.2) is 5.69 Å². The average molecular weight is 263 g/mol. The van der Waals surface area contributed by atoms with Crippen LogP contribution in [0.25, 0.3) is 0 Å². The lowest BCUT2D eigenvalue weighted by Gasteiger charge is -2.06. The third-order valence-electron chi connectivity index (χ3n) is 2.39. The highest BCUT2D eigenvalue weighted by atomic mass is 32.1. The van der Waals surface area contributed by atoms with Gasteiger partial charge >= 0.3 is 5.97 Å². The van der Waals surface area contributed by atoms with E-state index in [1.165, 1.54) is 11.1 Å². The van der Waals surface area contributed by atoms with Gasteiger partial charge < -0.3 is 10.4 Å². The topological polar surface area (TPSA) is 75.1 Å². The first kappa shape index (κ1) is 12.5. The third-order valence-corrected chi connectivity index (χ3v) is 3.53. The first-order chi connectivity index (χ1) is 8.70. The molecule has 0 saturated heterocycles. The summed E-state index contributed by atoms with van der Waals surface area (Å²) in [5.41, 5.74) is 0.544. The van der Waals surface area contributed by atoms with Crippen LogP contribution in [0.4, 0.5) is 5.69 Å². The number of rotatable bonds is 5. The normalized spacial score (nSPS) is 10.3. The predicted molar refractivity (Wildman–Crippen MR) is 70.0 cm³/mol. The van der Waals surface area contributed by atoms with Crippen LogP contribution in [-0.2, 0) is 13.0 Å². The van der Waals surface area contributed by atoms with Crippen LogP contribution in [-0.4, -0.2) is 21.0 Å². The van der Waals surface area contributed by atoms with Gasteiger partial charge in [-0.1, -0.05) is 6.92 Å². The number of aryl methyl sites for hydroxylation is 1. The Morgan fingerprint density at radius 3 is 3.00 bits per heavy atom. The van der Waals surface area contributed by atoms with Crippen molar-refractivity contribution in [3.05, 3.63) is 40.1 Å². The van der Waals surface area contributed by atoms with Crippen molar-refractivity contribution in [1.29, 1.82) is 0 Å². The summed E-state index contributed by atoms with van der Waals surface area (Å²) < 4.78 is 0. The monoisotopic (exact) mass is 263 g/mol. The number of thiazole rings is 1. The number of hydrogen-bond donors (Lipinski definition) is 2. The smallest absolute Gasteiger partial charge is 0.356 e. The maximum absolute atomic E-state index is 11.0. The van der Waals surface area contributed by atoms with Crippen LogP contribution in [0.1, 0.15) is 27.3 Å². The molecule has 6 heteroatoms. The van der Waals surface area contributed by atoms with Crippen LogP contribution in [0.2, 0.25) is 0 Å². The van der Waals surface area contributed by atoms with Crippen LogP contribution in [0, 0.1) is 0 Å². The van der Waals surface area contributed by atoms with Gasteiger partial charge in [-0.15, -0.1) is 11.3 Å². The van der Waals surface area contributed by atoms with Crippen LogP contribution in [0.5, 0.6) is 0 Å². The maximum Gasteiger partial charge on any atom is 0.356 e. The molecule has 0 aliphatic carbocycles. The van der Waals surface area contributed by atoms with E-state index >= 15 is 0 Å². The van der Waals surface area contributed by atoms with Gasteiger partial charge in [0, 0.05) is 17.3 Å². The van der Waals surface area contributed by atoms with Crippen LogP contribution >= 0.6 is 11.3 Å². The Kier molecular flexibility index (Phi) is 3.88. The van der Waals surface area contributed by atoms with Crippen molar-refractivity contribution in [2.75, 3.05) is 5.32 Å². The third kappa shape index (κ3) is 2.84. The molecule has 0 unspecified atom stereocenters. The molecule has 0 atom stereocenters. The van der Waals surface area contributed by atoms with Gasteiger partial charge in [0.25, 0.3) is 0 Å². The number of hydrogen-bond acceptors (Lipinski definition) is 5. The van der Waals surface area contributed by atoms with E-state index in [2.05, 4.69) is 22.2 Å². The summed E-state index contributed by atoms with van der Waals surface area (Å²) in [7, 11) is 0. The first-order valence-corrected chi connectivity index (χ1v) is 6.38. The molecule has 2 rings (SSSR count). The Bertz CT molecular complexity index is 554. The number of anilines is 1. The van der Waals surface area contributed by atoms with Crippen LogP contribution < -0.4 is 5.32 Å². The molecule has 2 heterocycles.